The van der Waals surface area contributed by atoms with Gasteiger partial charge in [-0.3, -0.25) is 28.8 Å². The average molecular weight is 727 g/mol. The van der Waals surface area contributed by atoms with E-state index in [0.717, 1.165) is 16.0 Å². The number of rotatable bonds is 13. The average Bonchev–Trinajstić information content (AvgIpc) is 3.07. The highest BCUT2D eigenvalue weighted by molar-refractivity contribution is 5.92. The first kappa shape index (κ1) is 45.0. The monoisotopic (exact) mass is 726 g/mol. The molecule has 0 atom stereocenters. The van der Waals surface area contributed by atoms with Crippen LogP contribution in [0, 0.1) is 16.2 Å². The van der Waals surface area contributed by atoms with E-state index in [-0.39, 0.29) is 37.8 Å². The number of nitrogens with zero attached hydrogens (tertiary/aromatic N) is 1. The summed E-state index contributed by atoms with van der Waals surface area (Å²) in [4.78, 5) is 80.8. The van der Waals surface area contributed by atoms with Gasteiger partial charge in [-0.2, -0.15) is 0 Å². The van der Waals surface area contributed by atoms with Crippen molar-refractivity contribution in [2.45, 2.75) is 113 Å². The van der Waals surface area contributed by atoms with E-state index in [4.69, 9.17) is 14.9 Å². The van der Waals surface area contributed by atoms with Gasteiger partial charge in [0.2, 0.25) is 11.8 Å². The van der Waals surface area contributed by atoms with E-state index >= 15 is 0 Å². The molecular weight excluding hydrogens is 672 g/mol. The number of benzene rings is 2. The van der Waals surface area contributed by atoms with Crippen LogP contribution in [0.15, 0.2) is 60.7 Å². The SMILES string of the molecule is CC(C)(CCC(=O)NCc1ccccc1)C(=O)O.CC(C)OC(=O)N(Cc1ccccc1)C(=O)CCC(C)(C)C(=O)O.CC1(C)CCC(=O)OC1=O. The Labute approximate surface area is 306 Å². The summed E-state index contributed by atoms with van der Waals surface area (Å²) in [5.74, 6) is -3.21. The first-order chi connectivity index (χ1) is 24.1. The molecule has 0 unspecified atom stereocenters. The third kappa shape index (κ3) is 16.8. The van der Waals surface area contributed by atoms with Crippen molar-refractivity contribution in [2.24, 2.45) is 16.2 Å². The molecule has 1 saturated heterocycles. The van der Waals surface area contributed by atoms with E-state index in [1.54, 1.807) is 55.4 Å². The largest absolute Gasteiger partial charge is 0.481 e. The van der Waals surface area contributed by atoms with Gasteiger partial charge in [0.25, 0.3) is 0 Å². The van der Waals surface area contributed by atoms with Gasteiger partial charge in [-0.05, 0) is 85.8 Å². The van der Waals surface area contributed by atoms with Gasteiger partial charge in [0.1, 0.15) is 0 Å². The van der Waals surface area contributed by atoms with E-state index in [0.29, 0.717) is 25.8 Å². The molecule has 3 amide bonds. The number of aliphatic carboxylic acids is 2. The lowest BCUT2D eigenvalue weighted by atomic mass is 9.86. The Kier molecular flexibility index (Phi) is 17.9. The van der Waals surface area contributed by atoms with Gasteiger partial charge in [0, 0.05) is 25.8 Å². The van der Waals surface area contributed by atoms with Crippen molar-refractivity contribution in [2.75, 3.05) is 0 Å². The Balaban J connectivity index is 0.000000422. The van der Waals surface area contributed by atoms with Crippen LogP contribution in [0.1, 0.15) is 105 Å². The van der Waals surface area contributed by atoms with Crippen molar-refractivity contribution in [1.82, 2.24) is 10.2 Å². The summed E-state index contributed by atoms with van der Waals surface area (Å²) < 4.78 is 9.56. The Morgan fingerprint density at radius 3 is 1.75 bits per heavy atom. The molecule has 0 radical (unpaired) electrons. The van der Waals surface area contributed by atoms with Gasteiger partial charge in [-0.1, -0.05) is 60.7 Å². The van der Waals surface area contributed by atoms with E-state index < -0.39 is 52.1 Å². The second-order valence-corrected chi connectivity index (χ2v) is 14.7. The topological polar surface area (TPSA) is 194 Å². The summed E-state index contributed by atoms with van der Waals surface area (Å²) in [6.07, 6.45) is 0.560. The molecule has 1 aliphatic rings. The summed E-state index contributed by atoms with van der Waals surface area (Å²) in [5, 5.41) is 20.8. The molecule has 13 heteroatoms. The summed E-state index contributed by atoms with van der Waals surface area (Å²) in [5.41, 5.74) is -0.527. The van der Waals surface area contributed by atoms with Gasteiger partial charge in [-0.25, -0.2) is 9.69 Å². The number of carbonyl (C=O) groups is 7. The van der Waals surface area contributed by atoms with Gasteiger partial charge < -0.3 is 25.0 Å². The molecule has 0 bridgehead atoms. The fraction of sp³-hybridized carbons (Fsp3) is 0.513. The van der Waals surface area contributed by atoms with E-state index in [1.165, 1.54) is 0 Å². The lowest BCUT2D eigenvalue weighted by molar-refractivity contribution is -0.172. The lowest BCUT2D eigenvalue weighted by Gasteiger charge is -2.25. The molecular formula is C39H54N2O11. The number of amides is 3. The minimum absolute atomic E-state index is 0.0423. The Morgan fingerprint density at radius 1 is 0.827 bits per heavy atom. The maximum absolute atomic E-state index is 12.5. The Bertz CT molecular complexity index is 1520. The number of esters is 2. The summed E-state index contributed by atoms with van der Waals surface area (Å²) >= 11 is 0. The normalized spacial score (nSPS) is 13.6. The fourth-order valence-corrected chi connectivity index (χ4v) is 4.17. The van der Waals surface area contributed by atoms with Crippen LogP contribution in [0.5, 0.6) is 0 Å². The molecule has 52 heavy (non-hydrogen) atoms. The number of imide groups is 1. The number of hydrogen-bond donors (Lipinski definition) is 3. The number of hydrogen-bond acceptors (Lipinski definition) is 9. The van der Waals surface area contributed by atoms with Gasteiger partial charge in [0.05, 0.1) is 28.9 Å². The molecule has 13 nitrogen and oxygen atoms in total. The van der Waals surface area contributed by atoms with Crippen LogP contribution >= 0.6 is 0 Å². The molecule has 1 aliphatic heterocycles. The second-order valence-electron chi connectivity index (χ2n) is 14.7. The zero-order valence-electron chi connectivity index (χ0n) is 31.5. The number of ether oxygens (including phenoxy) is 2. The zero-order valence-corrected chi connectivity index (χ0v) is 31.5. The first-order valence-electron chi connectivity index (χ1n) is 17.1. The van der Waals surface area contributed by atoms with Gasteiger partial charge in [-0.15, -0.1) is 0 Å². The van der Waals surface area contributed by atoms with Crippen molar-refractivity contribution >= 4 is 41.8 Å². The van der Waals surface area contributed by atoms with Crippen molar-refractivity contribution < 1.29 is 53.2 Å². The molecule has 2 aromatic rings. The van der Waals surface area contributed by atoms with Crippen molar-refractivity contribution in [3.63, 3.8) is 0 Å². The number of carbonyl (C=O) groups excluding carboxylic acids is 5. The van der Waals surface area contributed by atoms with Gasteiger partial charge >= 0.3 is 30.0 Å². The number of cyclic esters (lactones) is 2. The smallest absolute Gasteiger partial charge is 0.417 e. The quantitative estimate of drug-likeness (QED) is 0.150. The van der Waals surface area contributed by atoms with E-state index in [1.807, 2.05) is 60.7 Å². The van der Waals surface area contributed by atoms with Crippen LogP contribution in [0.2, 0.25) is 0 Å². The number of carboxylic acids is 2. The van der Waals surface area contributed by atoms with Crippen molar-refractivity contribution in [1.29, 1.82) is 0 Å². The van der Waals surface area contributed by atoms with Crippen LogP contribution in [-0.4, -0.2) is 63.0 Å². The third-order valence-corrected chi connectivity index (χ3v) is 8.19. The van der Waals surface area contributed by atoms with E-state index in [9.17, 15) is 33.6 Å². The highest BCUT2D eigenvalue weighted by atomic mass is 16.6. The van der Waals surface area contributed by atoms with Gasteiger partial charge in [0.15, 0.2) is 0 Å². The second kappa shape index (κ2) is 20.7. The maximum atomic E-state index is 12.5. The molecule has 3 rings (SSSR count). The minimum Gasteiger partial charge on any atom is -0.481 e. The highest BCUT2D eigenvalue weighted by Gasteiger charge is 2.36. The predicted molar refractivity (Wildman–Crippen MR) is 192 cm³/mol. The number of carboxylic acid groups (broad SMARTS) is 2. The molecule has 0 spiro atoms. The summed E-state index contributed by atoms with van der Waals surface area (Å²) in [6.45, 7) is 13.9. The minimum atomic E-state index is -1.03. The highest BCUT2D eigenvalue weighted by Crippen LogP contribution is 2.28. The summed E-state index contributed by atoms with van der Waals surface area (Å²) in [6, 6.07) is 18.7. The van der Waals surface area contributed by atoms with Crippen LogP contribution in [0.3, 0.4) is 0 Å². The lowest BCUT2D eigenvalue weighted by Crippen LogP contribution is -2.38. The molecule has 0 aromatic heterocycles. The molecule has 1 heterocycles. The van der Waals surface area contributed by atoms with Crippen molar-refractivity contribution in [3.8, 4) is 0 Å². The molecule has 0 aliphatic carbocycles. The van der Waals surface area contributed by atoms with Crippen molar-refractivity contribution in [3.05, 3.63) is 71.8 Å². The summed E-state index contributed by atoms with van der Waals surface area (Å²) in [7, 11) is 0. The van der Waals surface area contributed by atoms with Crippen LogP contribution in [0.25, 0.3) is 0 Å². The van der Waals surface area contributed by atoms with E-state index in [2.05, 4.69) is 10.1 Å². The fourth-order valence-electron chi connectivity index (χ4n) is 4.17. The van der Waals surface area contributed by atoms with Crippen LogP contribution < -0.4 is 5.32 Å². The predicted octanol–water partition coefficient (Wildman–Crippen LogP) is 6.52. The Morgan fingerprint density at radius 2 is 1.31 bits per heavy atom. The molecule has 286 valence electrons. The molecule has 0 saturated carbocycles. The standard InChI is InChI=1S/C18H25NO5.C14H19NO3.C7H10O3/c1-13(2)24-17(23)19(12-14-8-6-5-7-9-14)15(20)10-11-18(3,4)16(21)22;1-14(2,13(17)18)9-8-12(16)15-10-11-6-4-3-5-7-11;1-7(2)4-3-5(8)10-6(7)9/h5-9,13H,10-12H2,1-4H3,(H,21,22);3-7H,8-10H2,1-2H3,(H,15,16)(H,17,18);3-4H2,1-2H3. The third-order valence-electron chi connectivity index (χ3n) is 8.19. The maximum Gasteiger partial charge on any atom is 0.417 e. The zero-order chi connectivity index (χ0) is 39.7. The Hall–Kier alpha value is -5.07. The first-order valence-corrected chi connectivity index (χ1v) is 17.1. The molecule has 3 N–H and O–H groups in total. The molecule has 1 fully saturated rings. The van der Waals surface area contributed by atoms with Crippen LogP contribution in [0.4, 0.5) is 4.79 Å². The number of nitrogens with one attached hydrogen (secondary N) is 1. The van der Waals surface area contributed by atoms with Crippen LogP contribution in [-0.2, 0) is 51.3 Å². The molecule has 2 aromatic carbocycles.